The maximum Gasteiger partial charge on any atom is 0.416 e. The third kappa shape index (κ3) is 19.5. The topological polar surface area (TPSA) is 520 Å². The Morgan fingerprint density at radius 1 is 0.325 bits per heavy atom. The van der Waals surface area contributed by atoms with E-state index in [1.54, 1.807) is 83.1 Å². The quantitative estimate of drug-likeness (QED) is 0.0559. The number of alkyl halides is 6. The molecule has 0 atom stereocenters. The molecule has 0 unspecified atom stereocenters. The standard InChI is InChI=1S/C13H9F3N4O2.C12H6F4N4O2.3C12H9FN4O2.C11H8FN5O2/c1-6-2-3-8(13(14,15)16)4-7(6)5-9-12(21)18-11-10(17-9)19-22-20-11;13-7-2-1-6(12(14,15)16)3-5(7)4-8-11(21)18-10-9(17-8)19-22-20-10;1-6-2-7(4-8(13)3-6)5-9-12(18)15-11-10(14-9)16-19-17-11;1-6-2-3-7(8(13)4-6)5-9-12(18)15-11-10(14-9)16-19-17-11;1-6-3-2-4-7(9(6)13)5-8-12(18)15-11-10(14-8)16-19-17-11;1-5-3-2-4-6(12)7(5)13-10-11(18)15-9-8(14-10)16-19-17-9/h2-4H,5H2,1H3,(H,18,20,21);1-3H,4H2,(H,18,20,21);3*2-4H,5H2,1H3,(H,15,17,18);2-4H,1H3,(H,13,14,16)(H,15,17,18). The van der Waals surface area contributed by atoms with Crippen LogP contribution >= 0.6 is 0 Å². The van der Waals surface area contributed by atoms with Crippen molar-refractivity contribution in [3.8, 4) is 0 Å². The van der Waals surface area contributed by atoms with Crippen molar-refractivity contribution in [1.82, 2.24) is 122 Å². The molecular weight excluding hydrogens is 1620 g/mol. The highest BCUT2D eigenvalue weighted by Crippen LogP contribution is 2.33. The summed E-state index contributed by atoms with van der Waals surface area (Å²) in [7, 11) is 0. The second-order valence-electron chi connectivity index (χ2n) is 25.8. The number of aryl methyl sites for hydroxylation is 5. The van der Waals surface area contributed by atoms with E-state index >= 15 is 0 Å². The van der Waals surface area contributed by atoms with Crippen molar-refractivity contribution in [3.63, 3.8) is 0 Å². The molecule has 18 rings (SSSR count). The molecule has 0 spiro atoms. The summed E-state index contributed by atoms with van der Waals surface area (Å²) in [5.41, 5.74) is 2.41. The van der Waals surface area contributed by atoms with Crippen LogP contribution in [0.1, 0.15) is 95.2 Å². The number of nitrogens with one attached hydrogen (secondary N) is 7. The smallest absolute Gasteiger partial charge is 0.333 e. The molecule has 37 nitrogen and oxygen atoms in total. The van der Waals surface area contributed by atoms with Gasteiger partial charge in [0.05, 0.1) is 16.8 Å². The lowest BCUT2D eigenvalue weighted by Crippen LogP contribution is -2.16. The molecule has 0 radical (unpaired) electrons. The first kappa shape index (κ1) is 82.0. The Bertz CT molecular complexity index is 7040. The maximum atomic E-state index is 13.9. The number of benzene rings is 6. The van der Waals surface area contributed by atoms with Gasteiger partial charge in [-0.15, -0.1) is 0 Å². The molecular formula is C72H50F11N25O12. The van der Waals surface area contributed by atoms with E-state index in [0.29, 0.717) is 57.1 Å². The van der Waals surface area contributed by atoms with E-state index in [9.17, 15) is 77.1 Å². The molecule has 0 saturated heterocycles. The minimum atomic E-state index is -4.61. The predicted molar refractivity (Wildman–Crippen MR) is 391 cm³/mol. The second-order valence-corrected chi connectivity index (χ2v) is 25.8. The van der Waals surface area contributed by atoms with E-state index in [2.05, 4.69) is 155 Å². The SMILES string of the molecule is Cc1cc(F)cc(Cc2nc3nonc3[nH]c2=O)c1.Cc1ccc(C(F)(F)F)cc1Cc1nc2nonc2[nH]c1=O.Cc1ccc(Cc2nc3nonc3[nH]c2=O)c(F)c1.Cc1cccc(Cc2nc3nonc3[nH]c2=O)c1F.Cc1cccc(F)c1Nc1nc2nonc2[nH]c1=O.O=c1[nH]c2nonc2nc1Cc1cc(C(F)(F)F)ccc1F. The summed E-state index contributed by atoms with van der Waals surface area (Å²) in [4.78, 5) is 109. The molecule has 0 saturated carbocycles. The lowest BCUT2D eigenvalue weighted by Gasteiger charge is -2.11. The highest BCUT2D eigenvalue weighted by molar-refractivity contribution is 5.69. The first-order valence-electron chi connectivity index (χ1n) is 34.3. The Morgan fingerprint density at radius 3 is 1.16 bits per heavy atom. The number of hydrogen-bond donors (Lipinski definition) is 7. The Morgan fingerprint density at radius 2 is 0.717 bits per heavy atom. The molecule has 0 bridgehead atoms. The van der Waals surface area contributed by atoms with E-state index in [1.807, 2.05) is 0 Å². The first-order valence-corrected chi connectivity index (χ1v) is 34.3. The first-order chi connectivity index (χ1) is 57.2. The molecule has 7 N–H and O–H groups in total. The Hall–Kier alpha value is -16.0. The van der Waals surface area contributed by atoms with Crippen LogP contribution in [0.15, 0.2) is 166 Å². The number of nitrogens with zero attached hydrogens (tertiary/aromatic N) is 18. The monoisotopic (exact) mass is 1670 g/mol. The summed E-state index contributed by atoms with van der Waals surface area (Å²) in [6, 6.07) is 24.4. The zero-order valence-corrected chi connectivity index (χ0v) is 61.5. The molecule has 0 aliphatic rings. The molecule has 0 fully saturated rings. The van der Waals surface area contributed by atoms with Crippen LogP contribution in [0.4, 0.5) is 59.8 Å². The van der Waals surface area contributed by atoms with Crippen LogP contribution in [0.2, 0.25) is 0 Å². The summed E-state index contributed by atoms with van der Waals surface area (Å²) in [6.45, 7) is 8.64. The van der Waals surface area contributed by atoms with Gasteiger partial charge < -0.3 is 5.32 Å². The molecule has 612 valence electrons. The highest BCUT2D eigenvalue weighted by Gasteiger charge is 2.33. The summed E-state index contributed by atoms with van der Waals surface area (Å²) in [5, 5.41) is 44.4. The molecule has 12 heterocycles. The summed E-state index contributed by atoms with van der Waals surface area (Å²) < 4.78 is 171. The van der Waals surface area contributed by atoms with Gasteiger partial charge in [0.25, 0.3) is 33.4 Å². The van der Waals surface area contributed by atoms with Crippen molar-refractivity contribution in [3.05, 3.63) is 296 Å². The molecule has 0 aliphatic heterocycles. The third-order valence-corrected chi connectivity index (χ3v) is 17.1. The van der Waals surface area contributed by atoms with Gasteiger partial charge in [-0.3, -0.25) is 58.7 Å². The number of fused-ring (bicyclic) bond motifs is 6. The van der Waals surface area contributed by atoms with Crippen molar-refractivity contribution in [1.29, 1.82) is 0 Å². The van der Waals surface area contributed by atoms with E-state index in [1.165, 1.54) is 30.3 Å². The van der Waals surface area contributed by atoms with Crippen LogP contribution < -0.4 is 38.7 Å². The van der Waals surface area contributed by atoms with Gasteiger partial charge in [0.2, 0.25) is 67.8 Å². The van der Waals surface area contributed by atoms with E-state index in [-0.39, 0.29) is 162 Å². The fourth-order valence-corrected chi connectivity index (χ4v) is 11.1. The molecule has 120 heavy (non-hydrogen) atoms. The van der Waals surface area contributed by atoms with Gasteiger partial charge in [-0.05, 0) is 207 Å². The van der Waals surface area contributed by atoms with Crippen LogP contribution in [0.5, 0.6) is 0 Å². The lowest BCUT2D eigenvalue weighted by atomic mass is 10.0. The second kappa shape index (κ2) is 34.6. The number of H-pyrrole nitrogens is 6. The van der Waals surface area contributed by atoms with E-state index in [0.717, 1.165) is 23.3 Å². The average molecular weight is 1670 g/mol. The zero-order chi connectivity index (χ0) is 85.4. The zero-order valence-electron chi connectivity index (χ0n) is 61.5. The van der Waals surface area contributed by atoms with Gasteiger partial charge in [0.1, 0.15) is 57.6 Å². The van der Waals surface area contributed by atoms with Crippen LogP contribution in [-0.2, 0) is 44.5 Å². The number of aromatic amines is 6. The number of anilines is 2. The highest BCUT2D eigenvalue weighted by atomic mass is 19.4. The van der Waals surface area contributed by atoms with Gasteiger partial charge in [-0.2, -0.15) is 31.3 Å². The molecule has 18 aromatic rings. The number of para-hydroxylation sites is 1. The number of rotatable bonds is 12. The van der Waals surface area contributed by atoms with Gasteiger partial charge in [-0.25, -0.2) is 74.6 Å². The van der Waals surface area contributed by atoms with Crippen molar-refractivity contribution in [2.75, 3.05) is 5.32 Å². The Balaban J connectivity index is 0.000000125. The van der Waals surface area contributed by atoms with Crippen LogP contribution in [-0.4, -0.2) is 122 Å². The molecule has 0 amide bonds. The van der Waals surface area contributed by atoms with Gasteiger partial charge in [0.15, 0.2) is 5.82 Å². The average Bonchev–Trinajstić information content (AvgIpc) is 1.80. The van der Waals surface area contributed by atoms with Crippen LogP contribution in [0.25, 0.3) is 67.8 Å². The minimum Gasteiger partial charge on any atom is -0.333 e. The Kier molecular flexibility index (Phi) is 23.7. The van der Waals surface area contributed by atoms with Gasteiger partial charge in [0, 0.05) is 32.1 Å². The normalized spacial score (nSPS) is 11.4. The summed E-state index contributed by atoms with van der Waals surface area (Å²) in [5.74, 6) is -2.44. The van der Waals surface area contributed by atoms with Crippen molar-refractivity contribution >= 4 is 79.3 Å². The van der Waals surface area contributed by atoms with E-state index in [4.69, 9.17) is 0 Å². The minimum absolute atomic E-state index is 0.00161. The largest absolute Gasteiger partial charge is 0.416 e. The van der Waals surface area contributed by atoms with E-state index < -0.39 is 69.3 Å². The number of halogens is 11. The summed E-state index contributed by atoms with van der Waals surface area (Å²) in [6.07, 6.45) is -9.13. The van der Waals surface area contributed by atoms with Crippen LogP contribution in [0.3, 0.4) is 0 Å². The lowest BCUT2D eigenvalue weighted by molar-refractivity contribution is -0.138. The molecule has 48 heteroatoms. The fourth-order valence-electron chi connectivity index (χ4n) is 11.1. The summed E-state index contributed by atoms with van der Waals surface area (Å²) >= 11 is 0. The van der Waals surface area contributed by atoms with Gasteiger partial charge in [-0.1, -0.05) is 54.6 Å². The number of aromatic nitrogens is 24. The van der Waals surface area contributed by atoms with Crippen LogP contribution in [0, 0.1) is 63.7 Å². The molecule has 6 aromatic carbocycles. The maximum absolute atomic E-state index is 13.9. The molecule has 12 aromatic heterocycles. The van der Waals surface area contributed by atoms with Gasteiger partial charge >= 0.3 is 12.4 Å². The predicted octanol–water partition coefficient (Wildman–Crippen LogP) is 9.81. The Labute approximate surface area is 654 Å². The van der Waals surface area contributed by atoms with Crippen molar-refractivity contribution in [2.24, 2.45) is 0 Å². The van der Waals surface area contributed by atoms with Crippen molar-refractivity contribution < 1.29 is 76.1 Å². The fraction of sp³-hybridized carbons (Fsp3) is 0.167. The third-order valence-electron chi connectivity index (χ3n) is 17.1. The van der Waals surface area contributed by atoms with Crippen molar-refractivity contribution in [2.45, 2.75) is 79.1 Å². The number of hydrogen-bond acceptors (Lipinski definition) is 31. The molecule has 0 aliphatic carbocycles.